The second kappa shape index (κ2) is 3.39. The molecular weight excluding hydrogens is 161 g/mol. The van der Waals surface area contributed by atoms with Crippen LogP contribution in [0, 0.1) is 5.92 Å². The van der Waals surface area contributed by atoms with Crippen molar-refractivity contribution in [3.8, 4) is 0 Å². The maximum absolute atomic E-state index is 13.7. The van der Waals surface area contributed by atoms with Crippen molar-refractivity contribution in [3.63, 3.8) is 0 Å². The summed E-state index contributed by atoms with van der Waals surface area (Å²) in [5, 5.41) is 2.83. The van der Waals surface area contributed by atoms with Crippen LogP contribution in [0.1, 0.15) is 13.8 Å². The fourth-order valence-electron chi connectivity index (χ4n) is 1.33. The molecule has 0 unspecified atom stereocenters. The minimum absolute atomic E-state index is 0.0764. The van der Waals surface area contributed by atoms with Crippen molar-refractivity contribution in [1.82, 2.24) is 5.32 Å². The van der Waals surface area contributed by atoms with Gasteiger partial charge in [0, 0.05) is 19.0 Å². The normalized spacial score (nSPS) is 35.1. The number of carbonyl (C=O) groups excluding carboxylic acids is 1. The third-order valence-corrected chi connectivity index (χ3v) is 2.23. The summed E-state index contributed by atoms with van der Waals surface area (Å²) in [5.41, 5.74) is -1.81. The van der Waals surface area contributed by atoms with Gasteiger partial charge in [-0.2, -0.15) is 0 Å². The number of esters is 1. The third-order valence-electron chi connectivity index (χ3n) is 2.23. The maximum atomic E-state index is 13.7. The molecule has 0 amide bonds. The average Bonchev–Trinajstić information content (AvgIpc) is 2.34. The van der Waals surface area contributed by atoms with E-state index in [2.05, 4.69) is 10.1 Å². The molecule has 1 aliphatic heterocycles. The Morgan fingerprint density at radius 2 is 2.50 bits per heavy atom. The summed E-state index contributed by atoms with van der Waals surface area (Å²) in [5.74, 6) is -1.03. The molecule has 4 heteroatoms. The van der Waals surface area contributed by atoms with E-state index in [9.17, 15) is 9.18 Å². The van der Waals surface area contributed by atoms with Crippen molar-refractivity contribution in [1.29, 1.82) is 0 Å². The molecule has 3 nitrogen and oxygen atoms in total. The van der Waals surface area contributed by atoms with Gasteiger partial charge in [0.1, 0.15) is 0 Å². The smallest absolute Gasteiger partial charge is 0.345 e. The standard InChI is InChI=1S/C8H14FNO2/c1-3-12-7(11)8(9)5-10-4-6(8)2/h6,10H,3-5H2,1-2H3/t6-,8-/m0/s1. The Bertz CT molecular complexity index is 186. The van der Waals surface area contributed by atoms with Crippen LogP contribution >= 0.6 is 0 Å². The number of halogens is 1. The molecule has 1 N–H and O–H groups in total. The lowest BCUT2D eigenvalue weighted by Crippen LogP contribution is -2.42. The van der Waals surface area contributed by atoms with Crippen molar-refractivity contribution in [2.45, 2.75) is 19.5 Å². The molecule has 1 fully saturated rings. The predicted octanol–water partition coefficient (Wildman–Crippen LogP) is 0.497. The largest absolute Gasteiger partial charge is 0.464 e. The van der Waals surface area contributed by atoms with Gasteiger partial charge in [-0.1, -0.05) is 6.92 Å². The number of nitrogens with one attached hydrogen (secondary N) is 1. The summed E-state index contributed by atoms with van der Waals surface area (Å²) in [7, 11) is 0. The van der Waals surface area contributed by atoms with Gasteiger partial charge < -0.3 is 10.1 Å². The van der Waals surface area contributed by atoms with E-state index < -0.39 is 11.6 Å². The highest BCUT2D eigenvalue weighted by atomic mass is 19.1. The highest BCUT2D eigenvalue weighted by Crippen LogP contribution is 2.27. The van der Waals surface area contributed by atoms with Gasteiger partial charge in [-0.25, -0.2) is 9.18 Å². The van der Waals surface area contributed by atoms with Gasteiger partial charge in [-0.3, -0.25) is 0 Å². The zero-order chi connectivity index (χ0) is 9.19. The summed E-state index contributed by atoms with van der Waals surface area (Å²) in [6.45, 7) is 4.23. The van der Waals surface area contributed by atoms with Crippen LogP contribution in [-0.4, -0.2) is 31.3 Å². The Morgan fingerprint density at radius 3 is 2.92 bits per heavy atom. The molecule has 12 heavy (non-hydrogen) atoms. The van der Waals surface area contributed by atoms with E-state index in [1.54, 1.807) is 13.8 Å². The monoisotopic (exact) mass is 175 g/mol. The lowest BCUT2D eigenvalue weighted by molar-refractivity contribution is -0.158. The van der Waals surface area contributed by atoms with E-state index in [1.807, 2.05) is 0 Å². The minimum atomic E-state index is -1.81. The Morgan fingerprint density at radius 1 is 1.83 bits per heavy atom. The van der Waals surface area contributed by atoms with E-state index in [0.29, 0.717) is 6.54 Å². The lowest BCUT2D eigenvalue weighted by Gasteiger charge is -2.20. The first-order chi connectivity index (χ1) is 5.61. The molecule has 0 aliphatic carbocycles. The molecule has 0 bridgehead atoms. The lowest BCUT2D eigenvalue weighted by atomic mass is 9.95. The number of rotatable bonds is 2. The zero-order valence-electron chi connectivity index (χ0n) is 7.39. The van der Waals surface area contributed by atoms with Crippen molar-refractivity contribution in [3.05, 3.63) is 0 Å². The Hall–Kier alpha value is -0.640. The number of ether oxygens (including phenoxy) is 1. The van der Waals surface area contributed by atoms with Crippen LogP contribution in [0.15, 0.2) is 0 Å². The molecule has 0 spiro atoms. The van der Waals surface area contributed by atoms with Crippen LogP contribution in [0.2, 0.25) is 0 Å². The van der Waals surface area contributed by atoms with Gasteiger partial charge in [0.2, 0.25) is 5.67 Å². The Balaban J connectivity index is 2.63. The molecule has 0 aromatic carbocycles. The fraction of sp³-hybridized carbons (Fsp3) is 0.875. The van der Waals surface area contributed by atoms with Crippen LogP contribution in [0.5, 0.6) is 0 Å². The molecular formula is C8H14FNO2. The number of alkyl halides is 1. The average molecular weight is 175 g/mol. The van der Waals surface area contributed by atoms with E-state index in [1.165, 1.54) is 0 Å². The fourth-order valence-corrected chi connectivity index (χ4v) is 1.33. The first-order valence-corrected chi connectivity index (χ1v) is 4.18. The number of hydrogen-bond donors (Lipinski definition) is 1. The highest BCUT2D eigenvalue weighted by molar-refractivity contribution is 5.80. The van der Waals surface area contributed by atoms with Gasteiger partial charge in [-0.15, -0.1) is 0 Å². The van der Waals surface area contributed by atoms with Crippen LogP contribution < -0.4 is 5.32 Å². The van der Waals surface area contributed by atoms with Gasteiger partial charge in [-0.05, 0) is 6.92 Å². The van der Waals surface area contributed by atoms with Gasteiger partial charge in [0.05, 0.1) is 6.61 Å². The van der Waals surface area contributed by atoms with Crippen molar-refractivity contribution >= 4 is 5.97 Å². The van der Waals surface area contributed by atoms with Gasteiger partial charge >= 0.3 is 5.97 Å². The topological polar surface area (TPSA) is 38.3 Å². The molecule has 1 heterocycles. The summed E-state index contributed by atoms with van der Waals surface area (Å²) >= 11 is 0. The summed E-state index contributed by atoms with van der Waals surface area (Å²) < 4.78 is 18.4. The Labute approximate surface area is 71.3 Å². The van der Waals surface area contributed by atoms with Gasteiger partial charge in [0.25, 0.3) is 0 Å². The second-order valence-corrected chi connectivity index (χ2v) is 3.11. The molecule has 70 valence electrons. The van der Waals surface area contributed by atoms with E-state index in [-0.39, 0.29) is 19.1 Å². The van der Waals surface area contributed by atoms with Crippen LogP contribution in [0.4, 0.5) is 4.39 Å². The first-order valence-electron chi connectivity index (χ1n) is 4.18. The van der Waals surface area contributed by atoms with Crippen molar-refractivity contribution in [2.24, 2.45) is 5.92 Å². The quantitative estimate of drug-likeness (QED) is 0.621. The summed E-state index contributed by atoms with van der Waals surface area (Å²) in [6, 6.07) is 0. The van der Waals surface area contributed by atoms with Crippen LogP contribution in [0.3, 0.4) is 0 Å². The minimum Gasteiger partial charge on any atom is -0.464 e. The highest BCUT2D eigenvalue weighted by Gasteiger charge is 2.48. The second-order valence-electron chi connectivity index (χ2n) is 3.11. The number of hydrogen-bond acceptors (Lipinski definition) is 3. The molecule has 0 saturated carbocycles. The zero-order valence-corrected chi connectivity index (χ0v) is 7.39. The van der Waals surface area contributed by atoms with Crippen LogP contribution in [0.25, 0.3) is 0 Å². The van der Waals surface area contributed by atoms with Crippen LogP contribution in [-0.2, 0) is 9.53 Å². The molecule has 0 aromatic heterocycles. The van der Waals surface area contributed by atoms with Crippen molar-refractivity contribution < 1.29 is 13.9 Å². The predicted molar refractivity (Wildman–Crippen MR) is 42.5 cm³/mol. The molecule has 2 atom stereocenters. The molecule has 1 saturated heterocycles. The summed E-state index contributed by atoms with van der Waals surface area (Å²) in [4.78, 5) is 11.1. The van der Waals surface area contributed by atoms with E-state index in [0.717, 1.165) is 0 Å². The molecule has 1 rings (SSSR count). The van der Waals surface area contributed by atoms with E-state index in [4.69, 9.17) is 0 Å². The maximum Gasteiger partial charge on any atom is 0.345 e. The number of carbonyl (C=O) groups is 1. The molecule has 0 aromatic rings. The summed E-state index contributed by atoms with van der Waals surface area (Å²) in [6.07, 6.45) is 0. The molecule has 0 radical (unpaired) electrons. The SMILES string of the molecule is CCOC(=O)[C@]1(F)CNC[C@@H]1C. The van der Waals surface area contributed by atoms with Gasteiger partial charge in [0.15, 0.2) is 0 Å². The molecule has 1 aliphatic rings. The third kappa shape index (κ3) is 1.43. The van der Waals surface area contributed by atoms with E-state index >= 15 is 0 Å². The Kier molecular flexibility index (Phi) is 2.67. The first kappa shape index (κ1) is 9.45. The van der Waals surface area contributed by atoms with Crippen molar-refractivity contribution in [2.75, 3.05) is 19.7 Å².